The van der Waals surface area contributed by atoms with Gasteiger partial charge in [-0.3, -0.25) is 9.00 Å². The van der Waals surface area contributed by atoms with E-state index in [0.29, 0.717) is 12.3 Å². The molecule has 112 valence electrons. The molecule has 2 aromatic rings. The molecule has 1 heterocycles. The number of thioether (sulfide) groups is 1. The van der Waals surface area contributed by atoms with Crippen molar-refractivity contribution >= 4 is 39.2 Å². The Morgan fingerprint density at radius 3 is 2.90 bits per heavy atom. The third-order valence-corrected chi connectivity index (χ3v) is 5.44. The van der Waals surface area contributed by atoms with Gasteiger partial charge in [-0.15, -0.1) is 0 Å². The van der Waals surface area contributed by atoms with E-state index in [1.165, 1.54) is 11.8 Å². The first-order valence-corrected chi connectivity index (χ1v) is 9.24. The molecule has 2 atom stereocenters. The fraction of sp³-hybridized carbons (Fsp3) is 0.333. The van der Waals surface area contributed by atoms with E-state index in [-0.39, 0.29) is 11.2 Å². The lowest BCUT2D eigenvalue weighted by atomic mass is 10.2. The summed E-state index contributed by atoms with van der Waals surface area (Å²) in [5, 5.41) is 5.80. The Morgan fingerprint density at radius 2 is 2.14 bits per heavy atom. The molecule has 0 spiro atoms. The maximum absolute atomic E-state index is 11.8. The third kappa shape index (κ3) is 4.54. The normalized spacial score (nSPS) is 13.8. The van der Waals surface area contributed by atoms with Gasteiger partial charge in [-0.25, -0.2) is 4.98 Å². The highest BCUT2D eigenvalue weighted by Gasteiger charge is 2.10. The van der Waals surface area contributed by atoms with Crippen LogP contribution in [0.3, 0.4) is 0 Å². The predicted octanol–water partition coefficient (Wildman–Crippen LogP) is 2.21. The van der Waals surface area contributed by atoms with E-state index in [1.54, 1.807) is 12.5 Å². The Labute approximate surface area is 131 Å². The molecule has 0 saturated carbocycles. The fourth-order valence-electron chi connectivity index (χ4n) is 1.77. The quantitative estimate of drug-likeness (QED) is 0.829. The second kappa shape index (κ2) is 7.56. The van der Waals surface area contributed by atoms with Gasteiger partial charge < -0.3 is 5.32 Å². The van der Waals surface area contributed by atoms with Gasteiger partial charge in [-0.2, -0.15) is 0 Å². The first-order valence-electron chi connectivity index (χ1n) is 6.63. The van der Waals surface area contributed by atoms with Gasteiger partial charge in [-0.05, 0) is 18.4 Å². The van der Waals surface area contributed by atoms with Crippen LogP contribution in [0.25, 0.3) is 10.8 Å². The van der Waals surface area contributed by atoms with Crippen LogP contribution >= 0.6 is 11.8 Å². The van der Waals surface area contributed by atoms with Crippen LogP contribution in [0.5, 0.6) is 0 Å². The molecule has 0 aliphatic carbocycles. The minimum atomic E-state index is -0.919. The summed E-state index contributed by atoms with van der Waals surface area (Å²) in [4.78, 5) is 16.2. The average Bonchev–Trinajstić information content (AvgIpc) is 2.50. The molecule has 0 aliphatic rings. The lowest BCUT2D eigenvalue weighted by molar-refractivity contribution is -0.118. The number of rotatable bonds is 6. The average molecular weight is 322 g/mol. The van der Waals surface area contributed by atoms with Gasteiger partial charge in [0.25, 0.3) is 0 Å². The predicted molar refractivity (Wildman–Crippen MR) is 89.0 cm³/mol. The second-order valence-corrected chi connectivity index (χ2v) is 7.51. The van der Waals surface area contributed by atoms with E-state index >= 15 is 0 Å². The Hall–Kier alpha value is -1.40. The summed E-state index contributed by atoms with van der Waals surface area (Å²) in [6, 6.07) is 9.93. The summed E-state index contributed by atoms with van der Waals surface area (Å²) in [7, 11) is -0.919. The van der Waals surface area contributed by atoms with E-state index in [1.807, 2.05) is 37.3 Å². The summed E-state index contributed by atoms with van der Waals surface area (Å²) >= 11 is 1.42. The zero-order valence-electron chi connectivity index (χ0n) is 12.0. The van der Waals surface area contributed by atoms with Gasteiger partial charge in [-0.1, -0.05) is 36.0 Å². The number of hydrogen-bond acceptors (Lipinski definition) is 4. The van der Waals surface area contributed by atoms with Crippen LogP contribution in [0.2, 0.25) is 0 Å². The van der Waals surface area contributed by atoms with Crippen molar-refractivity contribution in [3.63, 3.8) is 0 Å². The summed E-state index contributed by atoms with van der Waals surface area (Å²) in [5.74, 6) is 0.247. The maximum Gasteiger partial charge on any atom is 0.230 e. The zero-order valence-corrected chi connectivity index (χ0v) is 13.7. The number of fused-ring (bicyclic) bond motifs is 1. The van der Waals surface area contributed by atoms with Gasteiger partial charge in [0, 0.05) is 40.4 Å². The number of aromatic nitrogens is 1. The molecule has 4 nitrogen and oxygen atoms in total. The van der Waals surface area contributed by atoms with Crippen LogP contribution in [0.4, 0.5) is 0 Å². The molecule has 21 heavy (non-hydrogen) atoms. The topological polar surface area (TPSA) is 59.1 Å². The van der Waals surface area contributed by atoms with Gasteiger partial charge >= 0.3 is 0 Å². The van der Waals surface area contributed by atoms with E-state index in [0.717, 1.165) is 15.8 Å². The van der Waals surface area contributed by atoms with Crippen LogP contribution in [0, 0.1) is 0 Å². The molecule has 0 fully saturated rings. The van der Waals surface area contributed by atoms with Crippen molar-refractivity contribution in [3.05, 3.63) is 36.5 Å². The van der Waals surface area contributed by atoms with Gasteiger partial charge in [0.15, 0.2) is 0 Å². The maximum atomic E-state index is 11.8. The number of hydrogen-bond donors (Lipinski definition) is 1. The van der Waals surface area contributed by atoms with Crippen molar-refractivity contribution in [3.8, 4) is 0 Å². The standard InChI is InChI=1S/C15H18N2O2S2/c1-11(21(2)19)9-17-14(18)10-20-15-13-6-4-3-5-12(13)7-8-16-15/h3-8,11H,9-10H2,1-2H3,(H,17,18)/t11-,21-/m0/s1. The molecular weight excluding hydrogens is 304 g/mol. The van der Waals surface area contributed by atoms with Crippen LogP contribution in [-0.4, -0.2) is 38.9 Å². The van der Waals surface area contributed by atoms with Crippen molar-refractivity contribution in [1.82, 2.24) is 10.3 Å². The van der Waals surface area contributed by atoms with Crippen LogP contribution < -0.4 is 5.32 Å². The Balaban J connectivity index is 1.93. The van der Waals surface area contributed by atoms with Crippen LogP contribution in [0.1, 0.15) is 6.92 Å². The second-order valence-electron chi connectivity index (χ2n) is 4.74. The fourth-order valence-corrected chi connectivity index (χ4v) is 2.93. The van der Waals surface area contributed by atoms with Crippen molar-refractivity contribution in [2.24, 2.45) is 0 Å². The van der Waals surface area contributed by atoms with Crippen molar-refractivity contribution in [1.29, 1.82) is 0 Å². The first-order chi connectivity index (χ1) is 10.1. The number of nitrogens with one attached hydrogen (secondary N) is 1. The molecule has 0 saturated heterocycles. The van der Waals surface area contributed by atoms with E-state index in [4.69, 9.17) is 0 Å². The van der Waals surface area contributed by atoms with Crippen molar-refractivity contribution in [2.75, 3.05) is 18.6 Å². The van der Waals surface area contributed by atoms with Crippen molar-refractivity contribution in [2.45, 2.75) is 17.2 Å². The number of carbonyl (C=O) groups is 1. The Bertz CT molecular complexity index is 656. The highest BCUT2D eigenvalue weighted by Crippen LogP contribution is 2.25. The summed E-state index contributed by atoms with van der Waals surface area (Å²) in [6.45, 7) is 2.29. The molecule has 6 heteroatoms. The summed E-state index contributed by atoms with van der Waals surface area (Å²) in [5.41, 5.74) is 0. The molecule has 0 bridgehead atoms. The number of amides is 1. The molecule has 0 unspecified atom stereocenters. The van der Waals surface area contributed by atoms with E-state index in [9.17, 15) is 9.00 Å². The highest BCUT2D eigenvalue weighted by atomic mass is 32.2. The van der Waals surface area contributed by atoms with Gasteiger partial charge in [0.1, 0.15) is 5.03 Å². The molecule has 1 aromatic carbocycles. The van der Waals surface area contributed by atoms with E-state index in [2.05, 4.69) is 10.3 Å². The lowest BCUT2D eigenvalue weighted by Gasteiger charge is -2.10. The number of nitrogens with zero attached hydrogens (tertiary/aromatic N) is 1. The molecule has 1 aromatic heterocycles. The first kappa shape index (κ1) is 16.0. The zero-order chi connectivity index (χ0) is 15.2. The molecule has 1 amide bonds. The molecule has 1 N–H and O–H groups in total. The monoisotopic (exact) mass is 322 g/mol. The minimum absolute atomic E-state index is 0.0327. The summed E-state index contributed by atoms with van der Waals surface area (Å²) < 4.78 is 11.2. The Morgan fingerprint density at radius 1 is 1.38 bits per heavy atom. The Kier molecular flexibility index (Phi) is 5.76. The van der Waals surface area contributed by atoms with Gasteiger partial charge in [0.2, 0.25) is 5.91 Å². The van der Waals surface area contributed by atoms with Gasteiger partial charge in [0.05, 0.1) is 5.75 Å². The number of carbonyl (C=O) groups excluding carboxylic acids is 1. The van der Waals surface area contributed by atoms with E-state index < -0.39 is 10.8 Å². The minimum Gasteiger partial charge on any atom is -0.354 e. The highest BCUT2D eigenvalue weighted by molar-refractivity contribution is 8.00. The molecule has 0 aliphatic heterocycles. The third-order valence-electron chi connectivity index (χ3n) is 3.13. The van der Waals surface area contributed by atoms with Crippen molar-refractivity contribution < 1.29 is 9.00 Å². The summed E-state index contributed by atoms with van der Waals surface area (Å²) in [6.07, 6.45) is 3.40. The number of pyridine rings is 1. The number of benzene rings is 1. The molecule has 2 rings (SSSR count). The smallest absolute Gasteiger partial charge is 0.230 e. The van der Waals surface area contributed by atoms with Crippen LogP contribution in [-0.2, 0) is 15.6 Å². The van der Waals surface area contributed by atoms with Crippen LogP contribution in [0.15, 0.2) is 41.6 Å². The largest absolute Gasteiger partial charge is 0.354 e. The lowest BCUT2D eigenvalue weighted by Crippen LogP contribution is -2.33. The SMILES string of the molecule is C[C@@H](CNC(=O)CSc1nccc2ccccc12)[S@](C)=O. The molecular formula is C15H18N2O2S2. The molecule has 0 radical (unpaired) electrons.